The van der Waals surface area contributed by atoms with E-state index in [0.717, 1.165) is 12.1 Å². The summed E-state index contributed by atoms with van der Waals surface area (Å²) in [6, 6.07) is 5.51. The number of benzene rings is 1. The Bertz CT molecular complexity index is 411. The zero-order chi connectivity index (χ0) is 15.7. The van der Waals surface area contributed by atoms with Crippen LogP contribution in [0, 0.1) is 0 Å². The molecule has 120 valence electrons. The van der Waals surface area contributed by atoms with Crippen LogP contribution >= 0.6 is 0 Å². The van der Waals surface area contributed by atoms with Crippen molar-refractivity contribution in [3.05, 3.63) is 23.8 Å². The van der Waals surface area contributed by atoms with Gasteiger partial charge in [-0.05, 0) is 38.1 Å². The van der Waals surface area contributed by atoms with Gasteiger partial charge in [-0.1, -0.05) is 13.0 Å². The SMILES string of the molecule is CCOc1ccc(C(O)CN(CC)CCO)cc1OCC. The maximum Gasteiger partial charge on any atom is 0.161 e. The van der Waals surface area contributed by atoms with Crippen LogP contribution in [0.3, 0.4) is 0 Å². The van der Waals surface area contributed by atoms with Crippen molar-refractivity contribution in [1.82, 2.24) is 4.90 Å². The van der Waals surface area contributed by atoms with Gasteiger partial charge in [0.15, 0.2) is 11.5 Å². The first kappa shape index (κ1) is 17.8. The molecule has 0 saturated carbocycles. The molecule has 1 atom stereocenters. The van der Waals surface area contributed by atoms with Crippen molar-refractivity contribution in [2.45, 2.75) is 26.9 Å². The van der Waals surface area contributed by atoms with E-state index in [9.17, 15) is 5.11 Å². The van der Waals surface area contributed by atoms with E-state index < -0.39 is 6.10 Å². The van der Waals surface area contributed by atoms with Gasteiger partial charge in [-0.15, -0.1) is 0 Å². The summed E-state index contributed by atoms with van der Waals surface area (Å²) in [5.74, 6) is 1.35. The van der Waals surface area contributed by atoms with Crippen molar-refractivity contribution < 1.29 is 19.7 Å². The molecule has 1 aromatic carbocycles. The molecule has 0 aliphatic heterocycles. The Hall–Kier alpha value is -1.30. The second-order valence-corrected chi connectivity index (χ2v) is 4.70. The summed E-state index contributed by atoms with van der Waals surface area (Å²) in [6.45, 7) is 8.88. The lowest BCUT2D eigenvalue weighted by Gasteiger charge is -2.23. The van der Waals surface area contributed by atoms with Crippen molar-refractivity contribution in [3.63, 3.8) is 0 Å². The summed E-state index contributed by atoms with van der Waals surface area (Å²) in [5.41, 5.74) is 0.790. The standard InChI is InChI=1S/C16H27NO4/c1-4-17(9-10-18)12-14(19)13-7-8-15(20-5-2)16(11-13)21-6-3/h7-8,11,14,18-19H,4-6,9-10,12H2,1-3H3. The highest BCUT2D eigenvalue weighted by atomic mass is 16.5. The van der Waals surface area contributed by atoms with E-state index >= 15 is 0 Å². The predicted molar refractivity (Wildman–Crippen MR) is 82.9 cm³/mol. The first-order chi connectivity index (χ1) is 10.2. The maximum atomic E-state index is 10.3. The summed E-state index contributed by atoms with van der Waals surface area (Å²) < 4.78 is 11.1. The normalized spacial score (nSPS) is 12.5. The van der Waals surface area contributed by atoms with E-state index in [2.05, 4.69) is 0 Å². The summed E-state index contributed by atoms with van der Waals surface area (Å²) in [6.07, 6.45) is -0.619. The molecule has 0 aliphatic rings. The van der Waals surface area contributed by atoms with Gasteiger partial charge < -0.3 is 19.7 Å². The lowest BCUT2D eigenvalue weighted by atomic mass is 10.1. The molecule has 21 heavy (non-hydrogen) atoms. The molecular formula is C16H27NO4. The Morgan fingerprint density at radius 1 is 1.10 bits per heavy atom. The molecule has 0 radical (unpaired) electrons. The molecule has 5 nitrogen and oxygen atoms in total. The molecular weight excluding hydrogens is 270 g/mol. The summed E-state index contributed by atoms with van der Waals surface area (Å²) in [4.78, 5) is 2.00. The Balaban J connectivity index is 2.83. The number of aliphatic hydroxyl groups is 2. The number of nitrogens with zero attached hydrogens (tertiary/aromatic N) is 1. The minimum atomic E-state index is -0.619. The third-order valence-electron chi connectivity index (χ3n) is 3.25. The number of hydrogen-bond acceptors (Lipinski definition) is 5. The van der Waals surface area contributed by atoms with Gasteiger partial charge in [0.1, 0.15) is 0 Å². The van der Waals surface area contributed by atoms with Crippen LogP contribution < -0.4 is 9.47 Å². The molecule has 5 heteroatoms. The highest BCUT2D eigenvalue weighted by Gasteiger charge is 2.15. The van der Waals surface area contributed by atoms with Crippen LogP contribution in [0.15, 0.2) is 18.2 Å². The van der Waals surface area contributed by atoms with Crippen LogP contribution in [0.4, 0.5) is 0 Å². The Morgan fingerprint density at radius 3 is 2.33 bits per heavy atom. The predicted octanol–water partition coefficient (Wildman–Crippen LogP) is 1.83. The van der Waals surface area contributed by atoms with Crippen molar-refractivity contribution in [3.8, 4) is 11.5 Å². The molecule has 1 rings (SSSR count). The highest BCUT2D eigenvalue weighted by molar-refractivity contribution is 5.43. The molecule has 0 aromatic heterocycles. The van der Waals surface area contributed by atoms with Crippen LogP contribution in [-0.2, 0) is 0 Å². The Kier molecular flexibility index (Phi) is 8.12. The third-order valence-corrected chi connectivity index (χ3v) is 3.25. The van der Waals surface area contributed by atoms with Crippen molar-refractivity contribution in [2.75, 3.05) is 39.5 Å². The summed E-state index contributed by atoms with van der Waals surface area (Å²) >= 11 is 0. The minimum absolute atomic E-state index is 0.0913. The molecule has 1 aromatic rings. The van der Waals surface area contributed by atoms with E-state index in [1.54, 1.807) is 0 Å². The topological polar surface area (TPSA) is 62.2 Å². The van der Waals surface area contributed by atoms with Gasteiger partial charge in [0.25, 0.3) is 0 Å². The lowest BCUT2D eigenvalue weighted by Crippen LogP contribution is -2.31. The molecule has 2 N–H and O–H groups in total. The maximum absolute atomic E-state index is 10.3. The van der Waals surface area contributed by atoms with E-state index in [1.807, 2.05) is 43.9 Å². The van der Waals surface area contributed by atoms with Crippen LogP contribution in [-0.4, -0.2) is 54.6 Å². The number of rotatable bonds is 10. The van der Waals surface area contributed by atoms with Crippen molar-refractivity contribution in [2.24, 2.45) is 0 Å². The van der Waals surface area contributed by atoms with Gasteiger partial charge in [-0.2, -0.15) is 0 Å². The molecule has 0 saturated heterocycles. The molecule has 0 heterocycles. The van der Waals surface area contributed by atoms with Crippen molar-refractivity contribution in [1.29, 1.82) is 0 Å². The van der Waals surface area contributed by atoms with Crippen LogP contribution in [0.25, 0.3) is 0 Å². The average molecular weight is 297 g/mol. The third kappa shape index (κ3) is 5.53. The molecule has 0 fully saturated rings. The van der Waals surface area contributed by atoms with Crippen LogP contribution in [0.1, 0.15) is 32.4 Å². The van der Waals surface area contributed by atoms with Gasteiger partial charge in [0.2, 0.25) is 0 Å². The minimum Gasteiger partial charge on any atom is -0.490 e. The number of likely N-dealkylation sites (N-methyl/N-ethyl adjacent to an activating group) is 1. The Labute approximate surface area is 127 Å². The smallest absolute Gasteiger partial charge is 0.161 e. The van der Waals surface area contributed by atoms with E-state index in [1.165, 1.54) is 0 Å². The summed E-state index contributed by atoms with van der Waals surface area (Å²) in [5, 5.41) is 19.3. The molecule has 0 spiro atoms. The molecule has 1 unspecified atom stereocenters. The second kappa shape index (κ2) is 9.60. The van der Waals surface area contributed by atoms with Crippen LogP contribution in [0.2, 0.25) is 0 Å². The Morgan fingerprint density at radius 2 is 1.76 bits per heavy atom. The summed E-state index contributed by atoms with van der Waals surface area (Å²) in [7, 11) is 0. The zero-order valence-electron chi connectivity index (χ0n) is 13.2. The second-order valence-electron chi connectivity index (χ2n) is 4.70. The van der Waals surface area contributed by atoms with Gasteiger partial charge in [-0.25, -0.2) is 0 Å². The monoisotopic (exact) mass is 297 g/mol. The average Bonchev–Trinajstić information content (AvgIpc) is 2.48. The van der Waals surface area contributed by atoms with E-state index in [0.29, 0.717) is 37.8 Å². The fourth-order valence-electron chi connectivity index (χ4n) is 2.14. The van der Waals surface area contributed by atoms with E-state index in [4.69, 9.17) is 14.6 Å². The number of aliphatic hydroxyl groups excluding tert-OH is 2. The van der Waals surface area contributed by atoms with Gasteiger partial charge >= 0.3 is 0 Å². The van der Waals surface area contributed by atoms with Gasteiger partial charge in [-0.3, -0.25) is 4.90 Å². The first-order valence-corrected chi connectivity index (χ1v) is 7.56. The van der Waals surface area contributed by atoms with Crippen LogP contribution in [0.5, 0.6) is 11.5 Å². The number of hydrogen-bond donors (Lipinski definition) is 2. The molecule has 0 bridgehead atoms. The lowest BCUT2D eigenvalue weighted by molar-refractivity contribution is 0.103. The van der Waals surface area contributed by atoms with Gasteiger partial charge in [0, 0.05) is 13.1 Å². The largest absolute Gasteiger partial charge is 0.490 e. The first-order valence-electron chi connectivity index (χ1n) is 7.56. The van der Waals surface area contributed by atoms with E-state index in [-0.39, 0.29) is 6.61 Å². The fraction of sp³-hybridized carbons (Fsp3) is 0.625. The quantitative estimate of drug-likeness (QED) is 0.690. The molecule has 0 amide bonds. The van der Waals surface area contributed by atoms with Crippen molar-refractivity contribution >= 4 is 0 Å². The number of ether oxygens (including phenoxy) is 2. The zero-order valence-corrected chi connectivity index (χ0v) is 13.2. The highest BCUT2D eigenvalue weighted by Crippen LogP contribution is 2.31. The molecule has 0 aliphatic carbocycles. The fourth-order valence-corrected chi connectivity index (χ4v) is 2.14. The van der Waals surface area contributed by atoms with Gasteiger partial charge in [0.05, 0.1) is 25.9 Å².